The number of hydrogen-bond donors (Lipinski definition) is 1. The summed E-state index contributed by atoms with van der Waals surface area (Å²) in [5.41, 5.74) is 0. The van der Waals surface area contributed by atoms with Crippen LogP contribution < -0.4 is 10.2 Å². The second kappa shape index (κ2) is 5.13. The smallest absolute Gasteiger partial charge is 0.227 e. The number of piperazine rings is 1. The van der Waals surface area contributed by atoms with Crippen LogP contribution in [0.3, 0.4) is 0 Å². The maximum Gasteiger partial charge on any atom is 0.227 e. The molecule has 0 unspecified atom stereocenters. The first-order valence-electron chi connectivity index (χ1n) is 5.34. The summed E-state index contributed by atoms with van der Waals surface area (Å²) in [7, 11) is 4.03. The molecule has 0 aliphatic carbocycles. The molecule has 0 atom stereocenters. The Morgan fingerprint density at radius 3 is 2.62 bits per heavy atom. The third-order valence-electron chi connectivity index (χ3n) is 2.75. The lowest BCUT2D eigenvalue weighted by atomic mass is 10.3. The summed E-state index contributed by atoms with van der Waals surface area (Å²) in [5.74, 6) is 1.74. The number of nitrogens with zero attached hydrogens (tertiary/aromatic N) is 4. The average molecular weight is 333 g/mol. The summed E-state index contributed by atoms with van der Waals surface area (Å²) < 4.78 is 1.05. The lowest BCUT2D eigenvalue weighted by molar-refractivity contribution is 0.311. The Balaban J connectivity index is 2.14. The Morgan fingerprint density at radius 1 is 1.31 bits per heavy atom. The minimum Gasteiger partial charge on any atom is -0.372 e. The largest absolute Gasteiger partial charge is 0.372 e. The lowest BCUT2D eigenvalue weighted by Crippen LogP contribution is -2.45. The third-order valence-corrected chi connectivity index (χ3v) is 3.54. The van der Waals surface area contributed by atoms with Gasteiger partial charge in [-0.25, -0.2) is 4.98 Å². The van der Waals surface area contributed by atoms with E-state index in [1.165, 1.54) is 0 Å². The zero-order valence-electron chi connectivity index (χ0n) is 9.57. The SMILES string of the molecule is CNc1nc(N2CCN(C)CC2)ncc1I. The first-order chi connectivity index (χ1) is 7.70. The van der Waals surface area contributed by atoms with Crippen molar-refractivity contribution in [3.8, 4) is 0 Å². The van der Waals surface area contributed by atoms with Gasteiger partial charge in [-0.15, -0.1) is 0 Å². The molecule has 0 bridgehead atoms. The van der Waals surface area contributed by atoms with E-state index in [2.05, 4.69) is 54.7 Å². The van der Waals surface area contributed by atoms with Crippen LogP contribution in [0.4, 0.5) is 11.8 Å². The molecule has 88 valence electrons. The van der Waals surface area contributed by atoms with Crippen LogP contribution in [0.5, 0.6) is 0 Å². The molecule has 2 rings (SSSR count). The van der Waals surface area contributed by atoms with Gasteiger partial charge in [-0.3, -0.25) is 0 Å². The van der Waals surface area contributed by atoms with Gasteiger partial charge in [-0.05, 0) is 29.6 Å². The third kappa shape index (κ3) is 2.54. The number of nitrogens with one attached hydrogen (secondary N) is 1. The molecular weight excluding hydrogens is 317 g/mol. The predicted molar refractivity (Wildman–Crippen MR) is 74.0 cm³/mol. The van der Waals surface area contributed by atoms with E-state index in [1.807, 2.05) is 13.2 Å². The van der Waals surface area contributed by atoms with E-state index in [-0.39, 0.29) is 0 Å². The van der Waals surface area contributed by atoms with Crippen molar-refractivity contribution in [3.63, 3.8) is 0 Å². The fourth-order valence-corrected chi connectivity index (χ4v) is 2.22. The standard InChI is InChI=1S/C10H16IN5/c1-12-9-8(11)7-13-10(14-9)16-5-3-15(2)4-6-16/h7H,3-6H2,1-2H3,(H,12,13,14). The first kappa shape index (κ1) is 11.8. The summed E-state index contributed by atoms with van der Waals surface area (Å²) in [6.07, 6.45) is 1.87. The monoisotopic (exact) mass is 333 g/mol. The lowest BCUT2D eigenvalue weighted by Gasteiger charge is -2.32. The van der Waals surface area contributed by atoms with Crippen molar-refractivity contribution in [1.29, 1.82) is 0 Å². The highest BCUT2D eigenvalue weighted by Gasteiger charge is 2.17. The summed E-state index contributed by atoms with van der Waals surface area (Å²) in [5, 5.41) is 3.09. The van der Waals surface area contributed by atoms with Crippen LogP contribution in [0.1, 0.15) is 0 Å². The second-order valence-corrected chi connectivity index (χ2v) is 5.07. The Labute approximate surface area is 109 Å². The fourth-order valence-electron chi connectivity index (χ4n) is 1.69. The van der Waals surface area contributed by atoms with Crippen molar-refractivity contribution < 1.29 is 0 Å². The average Bonchev–Trinajstić information content (AvgIpc) is 2.31. The van der Waals surface area contributed by atoms with E-state index in [1.54, 1.807) is 0 Å². The molecule has 1 fully saturated rings. The highest BCUT2D eigenvalue weighted by molar-refractivity contribution is 14.1. The van der Waals surface area contributed by atoms with Crippen LogP contribution in [0, 0.1) is 3.57 Å². The summed E-state index contributed by atoms with van der Waals surface area (Å²) >= 11 is 2.24. The number of hydrogen-bond acceptors (Lipinski definition) is 5. The van der Waals surface area contributed by atoms with Crippen molar-refractivity contribution in [2.75, 3.05) is 50.5 Å². The van der Waals surface area contributed by atoms with Gasteiger partial charge in [-0.2, -0.15) is 4.98 Å². The number of likely N-dealkylation sites (N-methyl/N-ethyl adjacent to an activating group) is 1. The zero-order valence-corrected chi connectivity index (χ0v) is 11.7. The number of rotatable bonds is 2. The Morgan fingerprint density at radius 2 is 2.00 bits per heavy atom. The molecule has 1 aromatic rings. The Hall–Kier alpha value is -0.630. The minimum atomic E-state index is 0.831. The molecule has 5 nitrogen and oxygen atoms in total. The van der Waals surface area contributed by atoms with Gasteiger partial charge in [0.25, 0.3) is 0 Å². The second-order valence-electron chi connectivity index (χ2n) is 3.91. The van der Waals surface area contributed by atoms with Crippen molar-refractivity contribution in [1.82, 2.24) is 14.9 Å². The van der Waals surface area contributed by atoms with Crippen molar-refractivity contribution in [2.24, 2.45) is 0 Å². The van der Waals surface area contributed by atoms with Crippen LogP contribution >= 0.6 is 22.6 Å². The van der Waals surface area contributed by atoms with Gasteiger partial charge in [0.1, 0.15) is 5.82 Å². The molecule has 0 spiro atoms. The maximum atomic E-state index is 4.52. The summed E-state index contributed by atoms with van der Waals surface area (Å²) in [6, 6.07) is 0. The van der Waals surface area contributed by atoms with Gasteiger partial charge in [-0.1, -0.05) is 0 Å². The molecule has 1 aromatic heterocycles. The van der Waals surface area contributed by atoms with Crippen LogP contribution in [0.25, 0.3) is 0 Å². The molecule has 0 radical (unpaired) electrons. The van der Waals surface area contributed by atoms with E-state index < -0.39 is 0 Å². The van der Waals surface area contributed by atoms with Crippen LogP contribution in [-0.4, -0.2) is 55.1 Å². The molecular formula is C10H16IN5. The van der Waals surface area contributed by atoms with E-state index in [0.717, 1.165) is 41.5 Å². The molecule has 6 heteroatoms. The minimum absolute atomic E-state index is 0.831. The van der Waals surface area contributed by atoms with E-state index in [0.29, 0.717) is 0 Å². The number of aromatic nitrogens is 2. The molecule has 1 aliphatic heterocycles. The van der Waals surface area contributed by atoms with Gasteiger partial charge >= 0.3 is 0 Å². The first-order valence-corrected chi connectivity index (χ1v) is 6.42. The van der Waals surface area contributed by atoms with E-state index in [4.69, 9.17) is 0 Å². The molecule has 1 aliphatic rings. The predicted octanol–water partition coefficient (Wildman–Crippen LogP) is 0.875. The van der Waals surface area contributed by atoms with Crippen LogP contribution in [-0.2, 0) is 0 Å². The molecule has 1 saturated heterocycles. The van der Waals surface area contributed by atoms with Gasteiger partial charge in [0, 0.05) is 39.4 Å². The van der Waals surface area contributed by atoms with Crippen LogP contribution in [0.15, 0.2) is 6.20 Å². The van der Waals surface area contributed by atoms with Gasteiger partial charge < -0.3 is 15.1 Å². The highest BCUT2D eigenvalue weighted by atomic mass is 127. The summed E-state index contributed by atoms with van der Waals surface area (Å²) in [4.78, 5) is 13.5. The van der Waals surface area contributed by atoms with Gasteiger partial charge in [0.2, 0.25) is 5.95 Å². The zero-order chi connectivity index (χ0) is 11.5. The molecule has 16 heavy (non-hydrogen) atoms. The summed E-state index contributed by atoms with van der Waals surface area (Å²) in [6.45, 7) is 4.15. The van der Waals surface area contributed by atoms with Crippen molar-refractivity contribution >= 4 is 34.4 Å². The van der Waals surface area contributed by atoms with Crippen molar-refractivity contribution in [2.45, 2.75) is 0 Å². The van der Waals surface area contributed by atoms with Gasteiger partial charge in [0.05, 0.1) is 3.57 Å². The van der Waals surface area contributed by atoms with E-state index in [9.17, 15) is 0 Å². The molecule has 0 amide bonds. The number of anilines is 2. The quantitative estimate of drug-likeness (QED) is 0.814. The fraction of sp³-hybridized carbons (Fsp3) is 0.600. The highest BCUT2D eigenvalue weighted by Crippen LogP contribution is 2.18. The van der Waals surface area contributed by atoms with Gasteiger partial charge in [0.15, 0.2) is 0 Å². The number of halogens is 1. The molecule has 2 heterocycles. The Kier molecular flexibility index (Phi) is 3.80. The molecule has 0 saturated carbocycles. The normalized spacial score (nSPS) is 17.6. The molecule has 1 N–H and O–H groups in total. The Bertz CT molecular complexity index is 362. The van der Waals surface area contributed by atoms with E-state index >= 15 is 0 Å². The topological polar surface area (TPSA) is 44.3 Å². The van der Waals surface area contributed by atoms with Crippen LogP contribution in [0.2, 0.25) is 0 Å². The maximum absolute atomic E-state index is 4.52. The molecule has 0 aromatic carbocycles. The van der Waals surface area contributed by atoms with Crippen molar-refractivity contribution in [3.05, 3.63) is 9.77 Å².